The lowest BCUT2D eigenvalue weighted by molar-refractivity contribution is -0.118. The number of carbonyl (C=O) groups excluding carboxylic acids is 3. The number of ether oxygens (including phenoxy) is 1. The molecule has 2 aromatic carbocycles. The van der Waals surface area contributed by atoms with Crippen molar-refractivity contribution < 1.29 is 27.9 Å². The summed E-state index contributed by atoms with van der Waals surface area (Å²) in [4.78, 5) is 45.9. The summed E-state index contributed by atoms with van der Waals surface area (Å²) in [5.41, 5.74) is 8.18. The standard InChI is InChI=1S/C30H21F2N3O4/c1-16-2-8-21(29(37)27(16)18-4-6-20(31)7-5-18)24(36)13-17-3-9-25(22(32)12-17)39-26-10-11-34-23-14-19(30(33)38)15-35-28(23)26/h3-12,14-15H,2,13H2,1H3,(H2,33,38). The van der Waals surface area contributed by atoms with Gasteiger partial charge in [0.1, 0.15) is 11.3 Å². The lowest BCUT2D eigenvalue weighted by Crippen LogP contribution is -2.20. The minimum atomic E-state index is -0.717. The molecule has 0 radical (unpaired) electrons. The second-order valence-corrected chi connectivity index (χ2v) is 9.05. The molecule has 1 aliphatic carbocycles. The average Bonchev–Trinajstić information content (AvgIpc) is 2.91. The summed E-state index contributed by atoms with van der Waals surface area (Å²) in [6, 6.07) is 12.6. The summed E-state index contributed by atoms with van der Waals surface area (Å²) in [5, 5.41) is 0. The lowest BCUT2D eigenvalue weighted by atomic mass is 9.84. The van der Waals surface area contributed by atoms with Crippen molar-refractivity contribution in [3.8, 4) is 11.5 Å². The molecule has 7 nitrogen and oxygen atoms in total. The first kappa shape index (κ1) is 25.6. The summed E-state index contributed by atoms with van der Waals surface area (Å²) in [6.45, 7) is 1.79. The molecular weight excluding hydrogens is 504 g/mol. The number of primary amides is 1. The van der Waals surface area contributed by atoms with Crippen molar-refractivity contribution in [2.75, 3.05) is 0 Å². The first-order valence-corrected chi connectivity index (χ1v) is 12.0. The number of nitrogens with zero attached hydrogens (tertiary/aromatic N) is 2. The molecule has 0 aliphatic heterocycles. The molecule has 194 valence electrons. The van der Waals surface area contributed by atoms with Crippen LogP contribution in [-0.4, -0.2) is 27.4 Å². The number of carbonyl (C=O) groups is 3. The number of halogens is 2. The Morgan fingerprint density at radius 3 is 2.49 bits per heavy atom. The maximum Gasteiger partial charge on any atom is 0.250 e. The minimum Gasteiger partial charge on any atom is -0.452 e. The van der Waals surface area contributed by atoms with Gasteiger partial charge < -0.3 is 10.5 Å². The Hall–Kier alpha value is -5.05. The van der Waals surface area contributed by atoms with Crippen LogP contribution in [0.1, 0.15) is 34.8 Å². The monoisotopic (exact) mass is 525 g/mol. The van der Waals surface area contributed by atoms with E-state index in [9.17, 15) is 23.2 Å². The molecule has 0 saturated carbocycles. The molecule has 2 aromatic heterocycles. The van der Waals surface area contributed by atoms with Gasteiger partial charge in [-0.3, -0.25) is 19.4 Å². The van der Waals surface area contributed by atoms with Crippen LogP contribution in [0.15, 0.2) is 84.2 Å². The molecule has 1 amide bonds. The molecule has 0 fully saturated rings. The Kier molecular flexibility index (Phi) is 6.81. The third kappa shape index (κ3) is 5.19. The Morgan fingerprint density at radius 2 is 1.77 bits per heavy atom. The average molecular weight is 526 g/mol. The number of fused-ring (bicyclic) bond motifs is 1. The van der Waals surface area contributed by atoms with E-state index in [-0.39, 0.29) is 29.1 Å². The van der Waals surface area contributed by atoms with Crippen molar-refractivity contribution in [3.05, 3.63) is 113 Å². The second kappa shape index (κ2) is 10.4. The Labute approximate surface area is 221 Å². The van der Waals surface area contributed by atoms with E-state index in [2.05, 4.69) is 9.97 Å². The number of amides is 1. The first-order chi connectivity index (χ1) is 18.7. The summed E-state index contributed by atoms with van der Waals surface area (Å²) in [6.07, 6.45) is 4.49. The Morgan fingerprint density at radius 1 is 1.00 bits per heavy atom. The smallest absolute Gasteiger partial charge is 0.250 e. The molecule has 0 spiro atoms. The van der Waals surface area contributed by atoms with E-state index in [1.54, 1.807) is 13.0 Å². The van der Waals surface area contributed by atoms with E-state index in [0.717, 1.165) is 5.57 Å². The SMILES string of the molecule is CC1=C(c2ccc(F)cc2)C(=O)C(C(=O)Cc2ccc(Oc3ccnc4cc(C(N)=O)cnc34)c(F)c2)=CC1. The van der Waals surface area contributed by atoms with Gasteiger partial charge in [-0.15, -0.1) is 0 Å². The van der Waals surface area contributed by atoms with Crippen molar-refractivity contribution >= 4 is 34.1 Å². The second-order valence-electron chi connectivity index (χ2n) is 9.05. The predicted molar refractivity (Wildman–Crippen MR) is 140 cm³/mol. The number of benzene rings is 2. The zero-order chi connectivity index (χ0) is 27.7. The van der Waals surface area contributed by atoms with Crippen molar-refractivity contribution in [2.45, 2.75) is 19.8 Å². The topological polar surface area (TPSA) is 112 Å². The third-order valence-corrected chi connectivity index (χ3v) is 6.35. The predicted octanol–water partition coefficient (Wildman–Crippen LogP) is 5.28. The molecule has 39 heavy (non-hydrogen) atoms. The van der Waals surface area contributed by atoms with Crippen molar-refractivity contribution in [2.24, 2.45) is 5.73 Å². The van der Waals surface area contributed by atoms with E-state index in [1.165, 1.54) is 67.0 Å². The van der Waals surface area contributed by atoms with E-state index >= 15 is 0 Å². The quantitative estimate of drug-likeness (QED) is 0.329. The lowest BCUT2D eigenvalue weighted by Gasteiger charge is -2.18. The number of pyridine rings is 2. The number of aromatic nitrogens is 2. The van der Waals surface area contributed by atoms with Gasteiger partial charge in [0.15, 0.2) is 28.9 Å². The van der Waals surface area contributed by atoms with Crippen LogP contribution in [0.4, 0.5) is 8.78 Å². The Balaban J connectivity index is 1.33. The van der Waals surface area contributed by atoms with E-state index < -0.39 is 29.1 Å². The maximum absolute atomic E-state index is 15.0. The highest BCUT2D eigenvalue weighted by atomic mass is 19.1. The van der Waals surface area contributed by atoms with Gasteiger partial charge in [-0.2, -0.15) is 0 Å². The van der Waals surface area contributed by atoms with Crippen LogP contribution in [0, 0.1) is 11.6 Å². The summed E-state index contributed by atoms with van der Waals surface area (Å²) < 4.78 is 34.1. The van der Waals surface area contributed by atoms with Crippen LogP contribution in [0.2, 0.25) is 0 Å². The third-order valence-electron chi connectivity index (χ3n) is 6.35. The maximum atomic E-state index is 15.0. The van der Waals surface area contributed by atoms with Gasteiger partial charge in [0.2, 0.25) is 5.91 Å². The number of nitrogens with two attached hydrogens (primary N) is 1. The molecule has 9 heteroatoms. The van der Waals surface area contributed by atoms with Gasteiger partial charge in [0, 0.05) is 30.5 Å². The first-order valence-electron chi connectivity index (χ1n) is 12.0. The number of Topliss-reactive ketones (excluding diaryl/α,β-unsaturated/α-hetero) is 2. The zero-order valence-electron chi connectivity index (χ0n) is 20.7. The molecule has 0 saturated heterocycles. The fourth-order valence-electron chi connectivity index (χ4n) is 4.37. The van der Waals surface area contributed by atoms with Gasteiger partial charge in [0.25, 0.3) is 0 Å². The van der Waals surface area contributed by atoms with Crippen molar-refractivity contribution in [1.82, 2.24) is 9.97 Å². The number of rotatable bonds is 7. The number of hydrogen-bond donors (Lipinski definition) is 1. The van der Waals surface area contributed by atoms with Crippen LogP contribution < -0.4 is 10.5 Å². The Bertz CT molecular complexity index is 1730. The largest absolute Gasteiger partial charge is 0.452 e. The molecule has 0 unspecified atom stereocenters. The normalized spacial score (nSPS) is 13.4. The van der Waals surface area contributed by atoms with Crippen LogP contribution in [0.5, 0.6) is 11.5 Å². The highest BCUT2D eigenvalue weighted by Crippen LogP contribution is 2.32. The molecule has 0 bridgehead atoms. The molecule has 2 heterocycles. The fraction of sp³-hybridized carbons (Fsp3) is 0.100. The van der Waals surface area contributed by atoms with Crippen LogP contribution in [-0.2, 0) is 16.0 Å². The molecule has 5 rings (SSSR count). The van der Waals surface area contributed by atoms with E-state index in [4.69, 9.17) is 10.5 Å². The minimum absolute atomic E-state index is 0.0188. The van der Waals surface area contributed by atoms with Gasteiger partial charge in [0.05, 0.1) is 16.7 Å². The van der Waals surface area contributed by atoms with Crippen molar-refractivity contribution in [1.29, 1.82) is 0 Å². The summed E-state index contributed by atoms with van der Waals surface area (Å²) >= 11 is 0. The highest BCUT2D eigenvalue weighted by Gasteiger charge is 2.27. The fourth-order valence-corrected chi connectivity index (χ4v) is 4.37. The number of allylic oxidation sites excluding steroid dienone is 4. The molecular formula is C30H21F2N3O4. The van der Waals surface area contributed by atoms with Crippen LogP contribution >= 0.6 is 0 Å². The van der Waals surface area contributed by atoms with Crippen molar-refractivity contribution in [3.63, 3.8) is 0 Å². The molecule has 0 atom stereocenters. The van der Waals surface area contributed by atoms with Crippen LogP contribution in [0.3, 0.4) is 0 Å². The van der Waals surface area contributed by atoms with Gasteiger partial charge in [-0.05, 0) is 54.8 Å². The van der Waals surface area contributed by atoms with Gasteiger partial charge in [-0.1, -0.05) is 29.8 Å². The summed E-state index contributed by atoms with van der Waals surface area (Å²) in [7, 11) is 0. The molecule has 2 N–H and O–H groups in total. The van der Waals surface area contributed by atoms with Gasteiger partial charge >= 0.3 is 0 Å². The summed E-state index contributed by atoms with van der Waals surface area (Å²) in [5.74, 6) is -2.58. The number of hydrogen-bond acceptors (Lipinski definition) is 6. The van der Waals surface area contributed by atoms with Gasteiger partial charge in [-0.25, -0.2) is 13.8 Å². The van der Waals surface area contributed by atoms with Crippen LogP contribution in [0.25, 0.3) is 16.6 Å². The molecule has 1 aliphatic rings. The highest BCUT2D eigenvalue weighted by molar-refractivity contribution is 6.39. The zero-order valence-corrected chi connectivity index (χ0v) is 20.7. The molecule has 4 aromatic rings. The van der Waals surface area contributed by atoms with E-state index in [0.29, 0.717) is 34.2 Å². The number of ketones is 2. The van der Waals surface area contributed by atoms with E-state index in [1.807, 2.05) is 0 Å².